The van der Waals surface area contributed by atoms with Gasteiger partial charge in [0.2, 0.25) is 0 Å². The van der Waals surface area contributed by atoms with Crippen LogP contribution in [0.25, 0.3) is 0 Å². The van der Waals surface area contributed by atoms with E-state index in [0.717, 1.165) is 11.3 Å². The molecule has 1 aromatic rings. The first-order valence-electron chi connectivity index (χ1n) is 3.55. The molecule has 1 atom stereocenters. The Morgan fingerprint density at radius 1 is 1.42 bits per heavy atom. The van der Waals surface area contributed by atoms with Crippen LogP contribution in [0.3, 0.4) is 0 Å². The van der Waals surface area contributed by atoms with E-state index in [4.69, 9.17) is 5.21 Å². The lowest BCUT2D eigenvalue weighted by atomic mass is 10.2. The van der Waals surface area contributed by atoms with Crippen LogP contribution in [0.2, 0.25) is 0 Å². The van der Waals surface area contributed by atoms with Crippen LogP contribution in [0.5, 0.6) is 0 Å². The highest BCUT2D eigenvalue weighted by molar-refractivity contribution is 7.97. The first kappa shape index (κ1) is 9.54. The maximum atomic E-state index is 10.5. The van der Waals surface area contributed by atoms with Crippen molar-refractivity contribution in [3.63, 3.8) is 0 Å². The van der Waals surface area contributed by atoms with E-state index >= 15 is 0 Å². The molecule has 12 heavy (non-hydrogen) atoms. The fraction of sp³-hybridized carbons (Fsp3) is 0.250. The summed E-state index contributed by atoms with van der Waals surface area (Å²) >= 11 is 1.72. The van der Waals surface area contributed by atoms with Gasteiger partial charge in [-0.2, -0.15) is 17.0 Å². The van der Waals surface area contributed by atoms with Crippen LogP contribution in [0.4, 0.5) is 5.69 Å². The van der Waals surface area contributed by atoms with Crippen molar-refractivity contribution in [2.75, 3.05) is 6.26 Å². The molecule has 0 saturated heterocycles. The zero-order valence-electron chi connectivity index (χ0n) is 6.78. The molecule has 0 radical (unpaired) electrons. The van der Waals surface area contributed by atoms with Gasteiger partial charge in [0, 0.05) is 17.9 Å². The highest BCUT2D eigenvalue weighted by Crippen LogP contribution is 2.10. The summed E-state index contributed by atoms with van der Waals surface area (Å²) in [7, 11) is 0. The second kappa shape index (κ2) is 4.47. The van der Waals surface area contributed by atoms with Crippen LogP contribution in [-0.2, 0) is 5.75 Å². The summed E-state index contributed by atoms with van der Waals surface area (Å²) in [5.74, 6) is 0.930. The molecule has 2 N–H and O–H groups in total. The van der Waals surface area contributed by atoms with E-state index in [2.05, 4.69) is 0 Å². The Bertz CT molecular complexity index is 235. The topological polar surface area (TPSA) is 47.7 Å². The monoisotopic (exact) mass is 185 g/mol. The Hall–Kier alpha value is -0.550. The van der Waals surface area contributed by atoms with Crippen LogP contribution in [0.15, 0.2) is 24.3 Å². The van der Waals surface area contributed by atoms with Crippen molar-refractivity contribution < 1.29 is 10.4 Å². The molecule has 1 unspecified atom stereocenters. The zero-order chi connectivity index (χ0) is 8.97. The second-order valence-electron chi connectivity index (χ2n) is 2.44. The van der Waals surface area contributed by atoms with Gasteiger partial charge in [0.1, 0.15) is 0 Å². The molecule has 0 saturated carbocycles. The fourth-order valence-corrected chi connectivity index (χ4v) is 1.44. The minimum Gasteiger partial charge on any atom is -0.595 e. The maximum absolute atomic E-state index is 10.5. The summed E-state index contributed by atoms with van der Waals surface area (Å²) in [6.45, 7) is 0. The van der Waals surface area contributed by atoms with Gasteiger partial charge in [-0.15, -0.1) is 0 Å². The highest BCUT2D eigenvalue weighted by Gasteiger charge is 1.98. The largest absolute Gasteiger partial charge is 0.595 e. The summed E-state index contributed by atoms with van der Waals surface area (Å²) in [6, 6.07) is 6.96. The van der Waals surface area contributed by atoms with E-state index in [1.54, 1.807) is 23.9 Å². The van der Waals surface area contributed by atoms with Crippen molar-refractivity contribution in [3.8, 4) is 0 Å². The summed E-state index contributed by atoms with van der Waals surface area (Å²) in [5, 5.41) is 18.2. The maximum Gasteiger partial charge on any atom is 0.163 e. The summed E-state index contributed by atoms with van der Waals surface area (Å²) < 4.78 is 0. The van der Waals surface area contributed by atoms with E-state index in [9.17, 15) is 5.21 Å². The zero-order valence-corrected chi connectivity index (χ0v) is 7.60. The molecule has 0 aliphatic rings. The minimum atomic E-state index is -0.870. The molecule has 0 heterocycles. The van der Waals surface area contributed by atoms with Crippen molar-refractivity contribution in [1.82, 2.24) is 0 Å². The van der Waals surface area contributed by atoms with Crippen molar-refractivity contribution in [2.45, 2.75) is 5.75 Å². The fourth-order valence-electron chi connectivity index (χ4n) is 0.910. The average Bonchev–Trinajstić information content (AvgIpc) is 2.06. The molecule has 3 nitrogen and oxygen atoms in total. The predicted octanol–water partition coefficient (Wildman–Crippen LogP) is 0.953. The third-order valence-corrected chi connectivity index (χ3v) is 2.13. The summed E-state index contributed by atoms with van der Waals surface area (Å²) in [5.41, 5.74) is 1.51. The lowest BCUT2D eigenvalue weighted by molar-refractivity contribution is -0.991. The van der Waals surface area contributed by atoms with Crippen molar-refractivity contribution in [3.05, 3.63) is 35.0 Å². The molecule has 0 bridgehead atoms. The number of nitrogens with one attached hydrogen (secondary N) is 1. The van der Waals surface area contributed by atoms with Crippen LogP contribution in [0.1, 0.15) is 5.56 Å². The van der Waals surface area contributed by atoms with Crippen molar-refractivity contribution >= 4 is 17.4 Å². The molecule has 4 heteroatoms. The van der Waals surface area contributed by atoms with Gasteiger partial charge >= 0.3 is 0 Å². The molecule has 0 aromatic heterocycles. The molecule has 0 spiro atoms. The molecular formula is C8H11NO2S. The lowest BCUT2D eigenvalue weighted by Gasteiger charge is -2.11. The Morgan fingerprint density at radius 3 is 2.42 bits per heavy atom. The van der Waals surface area contributed by atoms with Crippen LogP contribution >= 0.6 is 11.8 Å². The quantitative estimate of drug-likeness (QED) is 0.689. The third-order valence-electron chi connectivity index (χ3n) is 1.51. The number of thioether (sulfide) groups is 1. The van der Waals surface area contributed by atoms with Gasteiger partial charge in [-0.05, 0) is 11.8 Å². The van der Waals surface area contributed by atoms with Crippen LogP contribution in [-0.4, -0.2) is 11.5 Å². The SMILES string of the molecule is CSCc1ccc([NH+]([O-])O)cc1. The first-order chi connectivity index (χ1) is 5.74. The van der Waals surface area contributed by atoms with Gasteiger partial charge in [0.25, 0.3) is 0 Å². The third kappa shape index (κ3) is 2.49. The minimum absolute atomic E-state index is 0.347. The summed E-state index contributed by atoms with van der Waals surface area (Å²) in [6.07, 6.45) is 2.02. The van der Waals surface area contributed by atoms with E-state index < -0.39 is 5.23 Å². The normalized spacial score (nSPS) is 12.9. The first-order valence-corrected chi connectivity index (χ1v) is 4.94. The number of benzene rings is 1. The van der Waals surface area contributed by atoms with Gasteiger partial charge in [-0.3, -0.25) is 0 Å². The number of quaternary nitrogens is 1. The van der Waals surface area contributed by atoms with E-state index in [-0.39, 0.29) is 0 Å². The molecule has 0 aliphatic carbocycles. The van der Waals surface area contributed by atoms with Gasteiger partial charge in [-0.1, -0.05) is 12.1 Å². The van der Waals surface area contributed by atoms with Crippen LogP contribution in [0, 0.1) is 5.21 Å². The van der Waals surface area contributed by atoms with Gasteiger partial charge < -0.3 is 5.21 Å². The molecule has 0 aliphatic heterocycles. The Kier molecular flexibility index (Phi) is 3.55. The number of hydrogen-bond donors (Lipinski definition) is 2. The number of rotatable bonds is 3. The molecule has 0 amide bonds. The molecule has 0 fully saturated rings. The van der Waals surface area contributed by atoms with Crippen LogP contribution < -0.4 is 5.23 Å². The van der Waals surface area contributed by atoms with Crippen molar-refractivity contribution in [2.24, 2.45) is 0 Å². The smallest absolute Gasteiger partial charge is 0.163 e. The van der Waals surface area contributed by atoms with Gasteiger partial charge in [0.05, 0.1) is 0 Å². The number of hydrogen-bond acceptors (Lipinski definition) is 3. The second-order valence-corrected chi connectivity index (χ2v) is 3.30. The Balaban J connectivity index is 2.71. The predicted molar refractivity (Wildman–Crippen MR) is 49.4 cm³/mol. The molecular weight excluding hydrogens is 174 g/mol. The molecule has 66 valence electrons. The van der Waals surface area contributed by atoms with Crippen molar-refractivity contribution in [1.29, 1.82) is 0 Å². The molecule has 1 rings (SSSR count). The van der Waals surface area contributed by atoms with E-state index in [1.807, 2.05) is 18.4 Å². The average molecular weight is 185 g/mol. The standard InChI is InChI=1S/C8H11NO2S/c1-12-6-7-2-4-8(5-3-7)9(10)11/h2-5,9-10H,6H2,1H3. The molecule has 1 aromatic carbocycles. The summed E-state index contributed by atoms with van der Waals surface area (Å²) in [4.78, 5) is 0. The Labute approximate surface area is 75.5 Å². The Morgan fingerprint density at radius 2 is 2.00 bits per heavy atom. The van der Waals surface area contributed by atoms with E-state index in [1.165, 1.54) is 0 Å². The lowest BCUT2D eigenvalue weighted by Crippen LogP contribution is -2.99. The van der Waals surface area contributed by atoms with Gasteiger partial charge in [-0.25, -0.2) is 5.21 Å². The van der Waals surface area contributed by atoms with Gasteiger partial charge in [0.15, 0.2) is 5.69 Å². The van der Waals surface area contributed by atoms with E-state index in [0.29, 0.717) is 5.69 Å². The highest BCUT2D eigenvalue weighted by atomic mass is 32.2.